The molecule has 1 heterocycles. The van der Waals surface area contributed by atoms with Crippen molar-refractivity contribution >= 4 is 27.5 Å². The summed E-state index contributed by atoms with van der Waals surface area (Å²) in [6, 6.07) is 7.95. The van der Waals surface area contributed by atoms with Crippen molar-refractivity contribution in [2.24, 2.45) is 0 Å². The van der Waals surface area contributed by atoms with Gasteiger partial charge in [0.2, 0.25) is 0 Å². The molecule has 0 aliphatic heterocycles. The van der Waals surface area contributed by atoms with Gasteiger partial charge in [0.25, 0.3) is 5.91 Å². The number of carbonyl (C=O) groups is 1. The lowest BCUT2D eigenvalue weighted by molar-refractivity contribution is 0.0951. The molecule has 0 fully saturated rings. The number of amides is 1. The number of carbonyl (C=O) groups excluding carboxylic acids is 1. The standard InChI is InChI=1S/C15H15BrFN3O/c1-2-18-15(21)14-8-12(5-6-19-14)20-9-10-7-11(17)3-4-13(10)16/h3-8H,2,9H2,1H3,(H,18,21)(H,19,20). The Labute approximate surface area is 130 Å². The fraction of sp³-hybridized carbons (Fsp3) is 0.200. The van der Waals surface area contributed by atoms with Gasteiger partial charge in [0.05, 0.1) is 0 Å². The van der Waals surface area contributed by atoms with Gasteiger partial charge in [-0.15, -0.1) is 0 Å². The summed E-state index contributed by atoms with van der Waals surface area (Å²) < 4.78 is 14.0. The number of rotatable bonds is 5. The molecule has 2 aromatic rings. The highest BCUT2D eigenvalue weighted by atomic mass is 79.9. The van der Waals surface area contributed by atoms with Crippen LogP contribution in [-0.4, -0.2) is 17.4 Å². The summed E-state index contributed by atoms with van der Waals surface area (Å²) in [5.74, 6) is -0.499. The molecule has 0 saturated heterocycles. The van der Waals surface area contributed by atoms with E-state index in [0.29, 0.717) is 18.8 Å². The summed E-state index contributed by atoms with van der Waals surface area (Å²) in [5, 5.41) is 5.84. The Kier molecular flexibility index (Phi) is 5.27. The van der Waals surface area contributed by atoms with E-state index >= 15 is 0 Å². The molecule has 1 aromatic carbocycles. The summed E-state index contributed by atoms with van der Waals surface area (Å²) in [7, 11) is 0. The van der Waals surface area contributed by atoms with Gasteiger partial charge in [0, 0.05) is 29.4 Å². The lowest BCUT2D eigenvalue weighted by Gasteiger charge is -2.09. The summed E-state index contributed by atoms with van der Waals surface area (Å²) in [4.78, 5) is 15.7. The molecular weight excluding hydrogens is 337 g/mol. The van der Waals surface area contributed by atoms with Crippen LogP contribution in [0.3, 0.4) is 0 Å². The molecule has 0 aliphatic rings. The lowest BCUT2D eigenvalue weighted by atomic mass is 10.2. The Bertz CT molecular complexity index is 649. The van der Waals surface area contributed by atoms with Gasteiger partial charge in [0.15, 0.2) is 0 Å². The van der Waals surface area contributed by atoms with Crippen molar-refractivity contribution in [2.45, 2.75) is 13.5 Å². The fourth-order valence-electron chi connectivity index (χ4n) is 1.79. The Hall–Kier alpha value is -1.95. The van der Waals surface area contributed by atoms with Crippen LogP contribution in [0.4, 0.5) is 10.1 Å². The molecule has 0 aliphatic carbocycles. The second kappa shape index (κ2) is 7.17. The summed E-state index contributed by atoms with van der Waals surface area (Å²) in [5.41, 5.74) is 1.90. The molecule has 2 N–H and O–H groups in total. The van der Waals surface area contributed by atoms with Crippen LogP contribution in [0.5, 0.6) is 0 Å². The van der Waals surface area contributed by atoms with E-state index in [4.69, 9.17) is 0 Å². The smallest absolute Gasteiger partial charge is 0.269 e. The van der Waals surface area contributed by atoms with Gasteiger partial charge in [-0.25, -0.2) is 4.39 Å². The number of aromatic nitrogens is 1. The molecule has 110 valence electrons. The molecule has 0 unspecified atom stereocenters. The first-order valence-electron chi connectivity index (χ1n) is 6.52. The van der Waals surface area contributed by atoms with Crippen LogP contribution >= 0.6 is 15.9 Å². The number of benzene rings is 1. The minimum atomic E-state index is -0.284. The van der Waals surface area contributed by atoms with Crippen LogP contribution in [0.1, 0.15) is 23.0 Å². The van der Waals surface area contributed by atoms with E-state index in [1.807, 2.05) is 6.92 Å². The van der Waals surface area contributed by atoms with Crippen molar-refractivity contribution in [1.82, 2.24) is 10.3 Å². The zero-order valence-corrected chi connectivity index (χ0v) is 13.1. The van der Waals surface area contributed by atoms with E-state index in [2.05, 4.69) is 31.5 Å². The normalized spacial score (nSPS) is 10.2. The minimum absolute atomic E-state index is 0.215. The van der Waals surface area contributed by atoms with Crippen LogP contribution in [0, 0.1) is 5.82 Å². The van der Waals surface area contributed by atoms with E-state index in [9.17, 15) is 9.18 Å². The highest BCUT2D eigenvalue weighted by molar-refractivity contribution is 9.10. The molecule has 1 amide bonds. The van der Waals surface area contributed by atoms with Gasteiger partial charge in [-0.3, -0.25) is 9.78 Å². The average molecular weight is 352 g/mol. The second-order valence-electron chi connectivity index (χ2n) is 4.38. The topological polar surface area (TPSA) is 54.0 Å². The number of nitrogens with zero attached hydrogens (tertiary/aromatic N) is 1. The molecule has 0 saturated carbocycles. The van der Waals surface area contributed by atoms with Gasteiger partial charge < -0.3 is 10.6 Å². The van der Waals surface area contributed by atoms with E-state index in [0.717, 1.165) is 15.7 Å². The maximum Gasteiger partial charge on any atom is 0.269 e. The number of hydrogen-bond donors (Lipinski definition) is 2. The zero-order chi connectivity index (χ0) is 15.2. The van der Waals surface area contributed by atoms with Gasteiger partial charge in [-0.05, 0) is 42.8 Å². The molecule has 4 nitrogen and oxygen atoms in total. The van der Waals surface area contributed by atoms with Crippen LogP contribution in [0.15, 0.2) is 41.0 Å². The van der Waals surface area contributed by atoms with Crippen molar-refractivity contribution in [3.63, 3.8) is 0 Å². The summed E-state index contributed by atoms with van der Waals surface area (Å²) >= 11 is 3.38. The first kappa shape index (κ1) is 15.4. The Balaban J connectivity index is 2.08. The van der Waals surface area contributed by atoms with Gasteiger partial charge in [-0.1, -0.05) is 15.9 Å². The number of pyridine rings is 1. The molecule has 6 heteroatoms. The molecule has 0 bridgehead atoms. The van der Waals surface area contributed by atoms with Crippen LogP contribution in [0.2, 0.25) is 0 Å². The Morgan fingerprint density at radius 2 is 2.14 bits per heavy atom. The molecule has 21 heavy (non-hydrogen) atoms. The molecule has 2 rings (SSSR count). The number of anilines is 1. The molecular formula is C15H15BrFN3O. The Morgan fingerprint density at radius 1 is 1.33 bits per heavy atom. The van der Waals surface area contributed by atoms with Crippen molar-refractivity contribution < 1.29 is 9.18 Å². The third-order valence-corrected chi connectivity index (χ3v) is 3.59. The van der Waals surface area contributed by atoms with Gasteiger partial charge in [0.1, 0.15) is 11.5 Å². The highest BCUT2D eigenvalue weighted by Crippen LogP contribution is 2.19. The highest BCUT2D eigenvalue weighted by Gasteiger charge is 2.07. The molecule has 0 spiro atoms. The fourth-order valence-corrected chi connectivity index (χ4v) is 2.18. The van der Waals surface area contributed by atoms with Crippen molar-refractivity contribution in [1.29, 1.82) is 0 Å². The van der Waals surface area contributed by atoms with Gasteiger partial charge >= 0.3 is 0 Å². The summed E-state index contributed by atoms with van der Waals surface area (Å²) in [6.45, 7) is 2.84. The van der Waals surface area contributed by atoms with Crippen LogP contribution in [0.25, 0.3) is 0 Å². The van der Waals surface area contributed by atoms with E-state index in [1.54, 1.807) is 24.4 Å². The maximum absolute atomic E-state index is 13.2. The van der Waals surface area contributed by atoms with E-state index < -0.39 is 0 Å². The summed E-state index contributed by atoms with van der Waals surface area (Å²) in [6.07, 6.45) is 1.56. The quantitative estimate of drug-likeness (QED) is 0.868. The zero-order valence-electron chi connectivity index (χ0n) is 11.5. The third kappa shape index (κ3) is 4.26. The average Bonchev–Trinajstić information content (AvgIpc) is 2.49. The van der Waals surface area contributed by atoms with E-state index in [-0.39, 0.29) is 11.7 Å². The number of hydrogen-bond acceptors (Lipinski definition) is 3. The van der Waals surface area contributed by atoms with Crippen LogP contribution in [-0.2, 0) is 6.54 Å². The molecule has 1 aromatic heterocycles. The maximum atomic E-state index is 13.2. The first-order chi connectivity index (χ1) is 10.1. The second-order valence-corrected chi connectivity index (χ2v) is 5.23. The van der Waals surface area contributed by atoms with Crippen LogP contribution < -0.4 is 10.6 Å². The van der Waals surface area contributed by atoms with Crippen molar-refractivity contribution in [2.75, 3.05) is 11.9 Å². The largest absolute Gasteiger partial charge is 0.381 e. The molecule has 0 radical (unpaired) electrons. The van der Waals surface area contributed by atoms with Crippen molar-refractivity contribution in [3.8, 4) is 0 Å². The predicted octanol–water partition coefficient (Wildman–Crippen LogP) is 3.35. The SMILES string of the molecule is CCNC(=O)c1cc(NCc2cc(F)ccc2Br)ccn1. The molecule has 0 atom stereocenters. The number of halogens is 2. The monoisotopic (exact) mass is 351 g/mol. The van der Waals surface area contributed by atoms with E-state index in [1.165, 1.54) is 12.1 Å². The Morgan fingerprint density at radius 3 is 2.90 bits per heavy atom. The lowest BCUT2D eigenvalue weighted by Crippen LogP contribution is -2.23. The third-order valence-electron chi connectivity index (χ3n) is 2.82. The predicted molar refractivity (Wildman–Crippen MR) is 83.7 cm³/mol. The van der Waals surface area contributed by atoms with Crippen molar-refractivity contribution in [3.05, 3.63) is 58.1 Å². The minimum Gasteiger partial charge on any atom is -0.381 e. The van der Waals surface area contributed by atoms with Gasteiger partial charge in [-0.2, -0.15) is 0 Å². The number of nitrogens with one attached hydrogen (secondary N) is 2. The first-order valence-corrected chi connectivity index (χ1v) is 7.31.